The molecule has 4 atom stereocenters. The minimum Gasteiger partial charge on any atom is -0.462 e. The van der Waals surface area contributed by atoms with Crippen molar-refractivity contribution in [1.29, 1.82) is 0 Å². The molecule has 0 saturated heterocycles. The van der Waals surface area contributed by atoms with Gasteiger partial charge < -0.3 is 24.4 Å². The standard InChI is InChI=1S/C34H52O8S/c1-3-4-5-6-7-8-13-33(38)41-18-19-42-34(39)14-10-20-43-21-17-30-29(31(36)24-32(30)37)16-15-28(35)23-26-11-9-12-27(22-26)25-40-2/h9,11-12,15-16,22,28-31,35-36H,3-8,10,13-14,17-21,23-25H2,1-2H3/b16-15+/t28-,29+,30-,31-/m1/s1. The van der Waals surface area contributed by atoms with Crippen LogP contribution < -0.4 is 0 Å². The number of hydrogen-bond donors (Lipinski definition) is 2. The van der Waals surface area contributed by atoms with Crippen molar-refractivity contribution >= 4 is 29.5 Å². The highest BCUT2D eigenvalue weighted by atomic mass is 32.2. The van der Waals surface area contributed by atoms with E-state index in [1.165, 1.54) is 19.3 Å². The number of unbranched alkanes of at least 4 members (excludes halogenated alkanes) is 5. The molecular formula is C34H52O8S. The van der Waals surface area contributed by atoms with E-state index in [9.17, 15) is 24.6 Å². The average molecular weight is 621 g/mol. The van der Waals surface area contributed by atoms with Gasteiger partial charge in [-0.1, -0.05) is 75.4 Å². The lowest BCUT2D eigenvalue weighted by Crippen LogP contribution is -2.20. The van der Waals surface area contributed by atoms with Crippen molar-refractivity contribution in [2.24, 2.45) is 11.8 Å². The number of ether oxygens (including phenoxy) is 3. The van der Waals surface area contributed by atoms with Crippen LogP contribution >= 0.6 is 11.8 Å². The van der Waals surface area contributed by atoms with Crippen LogP contribution in [-0.4, -0.2) is 72.0 Å². The molecule has 0 radical (unpaired) electrons. The third-order valence-corrected chi connectivity index (χ3v) is 8.72. The van der Waals surface area contributed by atoms with Gasteiger partial charge in [-0.25, -0.2) is 0 Å². The first kappa shape index (κ1) is 37.0. The first-order valence-electron chi connectivity index (χ1n) is 15.9. The van der Waals surface area contributed by atoms with Crippen molar-refractivity contribution in [3.63, 3.8) is 0 Å². The second-order valence-electron chi connectivity index (χ2n) is 11.3. The van der Waals surface area contributed by atoms with E-state index in [-0.39, 0.29) is 55.6 Å². The van der Waals surface area contributed by atoms with Crippen molar-refractivity contribution < 1.29 is 38.8 Å². The zero-order valence-corrected chi connectivity index (χ0v) is 26.9. The van der Waals surface area contributed by atoms with E-state index in [1.54, 1.807) is 31.0 Å². The molecule has 1 fully saturated rings. The van der Waals surface area contributed by atoms with Crippen LogP contribution in [0, 0.1) is 11.8 Å². The molecule has 8 nitrogen and oxygen atoms in total. The molecule has 1 aliphatic rings. The first-order chi connectivity index (χ1) is 20.8. The molecule has 2 N–H and O–H groups in total. The number of esters is 2. The van der Waals surface area contributed by atoms with Crippen LogP contribution in [0.1, 0.15) is 88.7 Å². The Labute approximate surface area is 261 Å². The molecule has 0 heterocycles. The van der Waals surface area contributed by atoms with Gasteiger partial charge in [0.05, 0.1) is 18.8 Å². The van der Waals surface area contributed by atoms with E-state index in [0.717, 1.165) is 41.9 Å². The zero-order chi connectivity index (χ0) is 31.3. The predicted molar refractivity (Wildman–Crippen MR) is 170 cm³/mol. The van der Waals surface area contributed by atoms with Crippen molar-refractivity contribution in [2.75, 3.05) is 31.8 Å². The highest BCUT2D eigenvalue weighted by Gasteiger charge is 2.39. The maximum Gasteiger partial charge on any atom is 0.305 e. The molecule has 0 unspecified atom stereocenters. The lowest BCUT2D eigenvalue weighted by atomic mass is 9.91. The van der Waals surface area contributed by atoms with Crippen LogP contribution in [0.4, 0.5) is 0 Å². The SMILES string of the molecule is CCCCCCCCC(=O)OCCOC(=O)CCCSCC[C@H]1C(=O)C[C@@H](O)[C@H]1/C=C/[C@@H](O)Cc1cccc(COC)c1. The van der Waals surface area contributed by atoms with Crippen LogP contribution in [0.2, 0.25) is 0 Å². The van der Waals surface area contributed by atoms with Gasteiger partial charge in [0.25, 0.3) is 0 Å². The summed E-state index contributed by atoms with van der Waals surface area (Å²) in [4.78, 5) is 36.2. The summed E-state index contributed by atoms with van der Waals surface area (Å²) in [5.74, 6) is 0.423. The number of methoxy groups -OCH3 is 1. The Morgan fingerprint density at radius 1 is 1.00 bits per heavy atom. The van der Waals surface area contributed by atoms with Crippen molar-refractivity contribution in [3.05, 3.63) is 47.5 Å². The van der Waals surface area contributed by atoms with E-state index in [1.807, 2.05) is 24.3 Å². The fourth-order valence-electron chi connectivity index (χ4n) is 5.31. The molecule has 1 aromatic carbocycles. The lowest BCUT2D eigenvalue weighted by molar-refractivity contribution is -0.152. The molecule has 0 bridgehead atoms. The molecule has 0 spiro atoms. The maximum absolute atomic E-state index is 12.5. The van der Waals surface area contributed by atoms with Gasteiger partial charge in [0.1, 0.15) is 19.0 Å². The largest absolute Gasteiger partial charge is 0.462 e. The Morgan fingerprint density at radius 2 is 1.67 bits per heavy atom. The van der Waals surface area contributed by atoms with E-state index in [2.05, 4.69) is 6.92 Å². The summed E-state index contributed by atoms with van der Waals surface area (Å²) in [6.07, 6.45) is 11.3. The Bertz CT molecular complexity index is 981. The second kappa shape index (κ2) is 22.3. The number of carbonyl (C=O) groups excluding carboxylic acids is 3. The minimum atomic E-state index is -0.736. The number of carbonyl (C=O) groups is 3. The maximum atomic E-state index is 12.5. The Morgan fingerprint density at radius 3 is 2.40 bits per heavy atom. The number of aliphatic hydroxyl groups is 2. The summed E-state index contributed by atoms with van der Waals surface area (Å²) in [6, 6.07) is 7.87. The third-order valence-electron chi connectivity index (χ3n) is 7.62. The van der Waals surface area contributed by atoms with E-state index >= 15 is 0 Å². The van der Waals surface area contributed by atoms with E-state index in [0.29, 0.717) is 32.3 Å². The topological polar surface area (TPSA) is 119 Å². The highest BCUT2D eigenvalue weighted by Crippen LogP contribution is 2.34. The fourth-order valence-corrected chi connectivity index (χ4v) is 6.28. The lowest BCUT2D eigenvalue weighted by Gasteiger charge is -2.18. The van der Waals surface area contributed by atoms with Gasteiger partial charge in [-0.05, 0) is 41.9 Å². The van der Waals surface area contributed by atoms with Gasteiger partial charge in [0.2, 0.25) is 0 Å². The first-order valence-corrected chi connectivity index (χ1v) is 17.0. The van der Waals surface area contributed by atoms with Gasteiger partial charge in [0, 0.05) is 44.6 Å². The zero-order valence-electron chi connectivity index (χ0n) is 26.0. The van der Waals surface area contributed by atoms with Gasteiger partial charge in [-0.3, -0.25) is 14.4 Å². The number of ketones is 1. The molecule has 0 amide bonds. The number of thioether (sulfide) groups is 1. The van der Waals surface area contributed by atoms with Gasteiger partial charge in [-0.15, -0.1) is 0 Å². The average Bonchev–Trinajstić information content (AvgIpc) is 3.25. The summed E-state index contributed by atoms with van der Waals surface area (Å²) in [6.45, 7) is 2.85. The summed E-state index contributed by atoms with van der Waals surface area (Å²) < 4.78 is 15.5. The predicted octanol–water partition coefficient (Wildman–Crippen LogP) is 5.60. The highest BCUT2D eigenvalue weighted by molar-refractivity contribution is 7.99. The molecular weight excluding hydrogens is 568 g/mol. The molecule has 43 heavy (non-hydrogen) atoms. The monoisotopic (exact) mass is 620 g/mol. The quantitative estimate of drug-likeness (QED) is 0.0915. The number of aliphatic hydroxyl groups excluding tert-OH is 2. The Hall–Kier alpha value is -2.20. The molecule has 242 valence electrons. The van der Waals surface area contributed by atoms with Crippen molar-refractivity contribution in [3.8, 4) is 0 Å². The number of rotatable bonds is 23. The van der Waals surface area contributed by atoms with Gasteiger partial charge in [0.15, 0.2) is 0 Å². The van der Waals surface area contributed by atoms with Crippen molar-refractivity contribution in [1.82, 2.24) is 0 Å². The Kier molecular flexibility index (Phi) is 19.2. The molecule has 9 heteroatoms. The van der Waals surface area contributed by atoms with Crippen molar-refractivity contribution in [2.45, 2.75) is 103 Å². The molecule has 0 aliphatic heterocycles. The van der Waals surface area contributed by atoms with Gasteiger partial charge >= 0.3 is 11.9 Å². The summed E-state index contributed by atoms with van der Waals surface area (Å²) in [5, 5.41) is 21.0. The molecule has 2 rings (SSSR count). The third kappa shape index (κ3) is 15.9. The fraction of sp³-hybridized carbons (Fsp3) is 0.676. The van der Waals surface area contributed by atoms with Crippen LogP contribution in [0.3, 0.4) is 0 Å². The summed E-state index contributed by atoms with van der Waals surface area (Å²) in [7, 11) is 1.65. The second-order valence-corrected chi connectivity index (χ2v) is 12.5. The van der Waals surface area contributed by atoms with E-state index in [4.69, 9.17) is 14.2 Å². The minimum absolute atomic E-state index is 0.0563. The van der Waals surface area contributed by atoms with Crippen LogP contribution in [-0.2, 0) is 41.6 Å². The van der Waals surface area contributed by atoms with Gasteiger partial charge in [-0.2, -0.15) is 11.8 Å². The summed E-state index contributed by atoms with van der Waals surface area (Å²) >= 11 is 1.67. The normalized spacial score (nSPS) is 19.2. The molecule has 1 saturated carbocycles. The number of hydrogen-bond acceptors (Lipinski definition) is 9. The number of Topliss-reactive ketones (excluding diaryl/α,β-unsaturated/α-hetero) is 1. The van der Waals surface area contributed by atoms with Crippen LogP contribution in [0.5, 0.6) is 0 Å². The molecule has 1 aliphatic carbocycles. The van der Waals surface area contributed by atoms with Crippen LogP contribution in [0.25, 0.3) is 0 Å². The van der Waals surface area contributed by atoms with E-state index < -0.39 is 12.2 Å². The molecule has 1 aromatic rings. The summed E-state index contributed by atoms with van der Waals surface area (Å²) in [5.41, 5.74) is 2.04. The van der Waals surface area contributed by atoms with Crippen LogP contribution in [0.15, 0.2) is 36.4 Å². The molecule has 0 aromatic heterocycles. The Balaban J connectivity index is 1.57. The number of benzene rings is 1. The smallest absolute Gasteiger partial charge is 0.305 e.